The molecule has 0 fully saturated rings. The van der Waals surface area contributed by atoms with E-state index in [0.29, 0.717) is 16.8 Å². The maximum atomic E-state index is 14.3. The minimum Gasteiger partial charge on any atom is -0.280 e. The van der Waals surface area contributed by atoms with Gasteiger partial charge < -0.3 is 0 Å². The normalized spacial score (nSPS) is 21.7. The van der Waals surface area contributed by atoms with Gasteiger partial charge in [-0.15, -0.1) is 0 Å². The minimum absolute atomic E-state index is 0.0503. The molecule has 2 aromatic rings. The Bertz CT molecular complexity index is 1370. The third kappa shape index (κ3) is 3.53. The molecule has 0 spiro atoms. The van der Waals surface area contributed by atoms with Gasteiger partial charge in [0.15, 0.2) is 0 Å². The highest BCUT2D eigenvalue weighted by atomic mass is 16.2. The third-order valence-corrected chi connectivity index (χ3v) is 6.91. The molecule has 0 N–H and O–H groups in total. The van der Waals surface area contributed by atoms with E-state index in [1.807, 2.05) is 83.8 Å². The van der Waals surface area contributed by atoms with Gasteiger partial charge in [0.25, 0.3) is 11.8 Å². The molecule has 4 aliphatic rings. The molecule has 2 heterocycles. The monoisotopic (exact) mass is 458 g/mol. The highest BCUT2D eigenvalue weighted by Crippen LogP contribution is 2.49. The zero-order valence-electron chi connectivity index (χ0n) is 19.4. The molecule has 1 atom stereocenters. The molecule has 172 valence electrons. The van der Waals surface area contributed by atoms with Crippen LogP contribution in [0, 0.1) is 5.92 Å². The number of para-hydroxylation sites is 1. The Morgan fingerprint density at radius 2 is 1.49 bits per heavy atom. The number of carbonyl (C=O) groups is 2. The molecule has 2 amide bonds. The fraction of sp³-hybridized carbons (Fsp3) is 0.161. The van der Waals surface area contributed by atoms with Crippen LogP contribution in [0.5, 0.6) is 0 Å². The summed E-state index contributed by atoms with van der Waals surface area (Å²) in [6, 6.07) is 19.4. The van der Waals surface area contributed by atoms with E-state index in [1.165, 1.54) is 0 Å². The summed E-state index contributed by atoms with van der Waals surface area (Å²) >= 11 is 0. The highest BCUT2D eigenvalue weighted by Gasteiger charge is 2.50. The quantitative estimate of drug-likeness (QED) is 0.540. The first-order chi connectivity index (χ1) is 17.3. The van der Waals surface area contributed by atoms with Gasteiger partial charge in [0.2, 0.25) is 0 Å². The van der Waals surface area contributed by atoms with Crippen LogP contribution in [0.25, 0.3) is 5.70 Å². The minimum atomic E-state index is -0.142. The number of anilines is 1. The number of hydrogen-bond acceptors (Lipinski definition) is 2. The second kappa shape index (κ2) is 8.88. The molecule has 35 heavy (non-hydrogen) atoms. The number of benzene rings is 2. The Morgan fingerprint density at radius 1 is 0.743 bits per heavy atom. The van der Waals surface area contributed by atoms with E-state index < -0.39 is 0 Å². The zero-order chi connectivity index (χ0) is 23.8. The number of hydrogen-bond donors (Lipinski definition) is 0. The van der Waals surface area contributed by atoms with Crippen LogP contribution in [-0.4, -0.2) is 16.7 Å². The Hall–Kier alpha value is -4.18. The van der Waals surface area contributed by atoms with E-state index in [1.54, 1.807) is 4.90 Å². The molecule has 0 radical (unpaired) electrons. The van der Waals surface area contributed by atoms with Crippen molar-refractivity contribution in [3.63, 3.8) is 0 Å². The molecule has 4 heteroatoms. The Kier molecular flexibility index (Phi) is 5.42. The molecule has 4 nitrogen and oxygen atoms in total. The lowest BCUT2D eigenvalue weighted by molar-refractivity contribution is -0.122. The molecule has 1 unspecified atom stereocenters. The van der Waals surface area contributed by atoms with Crippen LogP contribution in [0.3, 0.4) is 0 Å². The summed E-state index contributed by atoms with van der Waals surface area (Å²) in [6.45, 7) is 0. The maximum absolute atomic E-state index is 14.3. The summed E-state index contributed by atoms with van der Waals surface area (Å²) in [6.07, 6.45) is 18.2. The Balaban J connectivity index is 1.62. The van der Waals surface area contributed by atoms with Crippen LogP contribution in [0.15, 0.2) is 126 Å². The van der Waals surface area contributed by atoms with E-state index in [4.69, 9.17) is 0 Å². The van der Waals surface area contributed by atoms with Crippen LogP contribution >= 0.6 is 0 Å². The van der Waals surface area contributed by atoms with Crippen molar-refractivity contribution in [1.29, 1.82) is 0 Å². The average molecular weight is 459 g/mol. The van der Waals surface area contributed by atoms with Crippen LogP contribution in [0.1, 0.15) is 31.2 Å². The van der Waals surface area contributed by atoms with Gasteiger partial charge in [0.05, 0.1) is 16.8 Å². The molecule has 2 aromatic carbocycles. The predicted octanol–water partition coefficient (Wildman–Crippen LogP) is 6.30. The fourth-order valence-electron chi connectivity index (χ4n) is 5.34. The summed E-state index contributed by atoms with van der Waals surface area (Å²) in [7, 11) is 0. The van der Waals surface area contributed by atoms with Crippen molar-refractivity contribution >= 4 is 23.2 Å². The molecule has 6 rings (SSSR count). The first kappa shape index (κ1) is 21.4. The summed E-state index contributed by atoms with van der Waals surface area (Å²) in [4.78, 5) is 32.0. The van der Waals surface area contributed by atoms with Gasteiger partial charge >= 0.3 is 0 Å². The van der Waals surface area contributed by atoms with Crippen LogP contribution in [0.4, 0.5) is 5.69 Å². The molecule has 0 aromatic heterocycles. The van der Waals surface area contributed by atoms with Crippen molar-refractivity contribution < 1.29 is 9.59 Å². The second-order valence-corrected chi connectivity index (χ2v) is 9.08. The van der Waals surface area contributed by atoms with Gasteiger partial charge in [-0.3, -0.25) is 19.4 Å². The van der Waals surface area contributed by atoms with E-state index in [0.717, 1.165) is 48.3 Å². The number of amides is 2. The maximum Gasteiger partial charge on any atom is 0.265 e. The summed E-state index contributed by atoms with van der Waals surface area (Å²) in [5.41, 5.74) is 4.97. The molecule has 0 saturated heterocycles. The summed E-state index contributed by atoms with van der Waals surface area (Å²) in [5.74, 6) is -0.316. The summed E-state index contributed by atoms with van der Waals surface area (Å²) < 4.78 is 0. The van der Waals surface area contributed by atoms with E-state index in [2.05, 4.69) is 24.3 Å². The van der Waals surface area contributed by atoms with Crippen molar-refractivity contribution in [2.24, 2.45) is 5.92 Å². The third-order valence-electron chi connectivity index (χ3n) is 6.91. The van der Waals surface area contributed by atoms with Gasteiger partial charge in [-0.2, -0.15) is 0 Å². The Morgan fingerprint density at radius 3 is 2.23 bits per heavy atom. The molecular formula is C31H26N2O2. The van der Waals surface area contributed by atoms with Gasteiger partial charge in [-0.25, -0.2) is 0 Å². The molecular weight excluding hydrogens is 432 g/mol. The van der Waals surface area contributed by atoms with E-state index in [9.17, 15) is 9.59 Å². The summed E-state index contributed by atoms with van der Waals surface area (Å²) in [5, 5.41) is 0. The molecule has 0 saturated carbocycles. The van der Waals surface area contributed by atoms with Crippen molar-refractivity contribution in [3.05, 3.63) is 131 Å². The number of carbonyl (C=O) groups excluding carboxylic acids is 2. The van der Waals surface area contributed by atoms with Crippen molar-refractivity contribution in [2.45, 2.75) is 25.7 Å². The highest BCUT2D eigenvalue weighted by molar-refractivity contribution is 6.33. The smallest absolute Gasteiger partial charge is 0.265 e. The van der Waals surface area contributed by atoms with Crippen LogP contribution < -0.4 is 4.90 Å². The van der Waals surface area contributed by atoms with Crippen LogP contribution in [0.2, 0.25) is 0 Å². The van der Waals surface area contributed by atoms with Crippen molar-refractivity contribution in [2.75, 3.05) is 4.90 Å². The fourth-order valence-corrected chi connectivity index (χ4v) is 5.34. The number of nitrogens with zero attached hydrogens (tertiary/aromatic N) is 2. The van der Waals surface area contributed by atoms with Gasteiger partial charge in [-0.05, 0) is 49.5 Å². The van der Waals surface area contributed by atoms with E-state index in [-0.39, 0.29) is 17.7 Å². The average Bonchev–Trinajstić information content (AvgIpc) is 3.21. The largest absolute Gasteiger partial charge is 0.280 e. The van der Waals surface area contributed by atoms with Gasteiger partial charge in [-0.1, -0.05) is 85.0 Å². The zero-order valence-corrected chi connectivity index (χ0v) is 19.4. The second-order valence-electron chi connectivity index (χ2n) is 9.08. The van der Waals surface area contributed by atoms with Gasteiger partial charge in [0.1, 0.15) is 0 Å². The lowest BCUT2D eigenvalue weighted by Gasteiger charge is -2.29. The number of fused-ring (bicyclic) bond motifs is 1. The van der Waals surface area contributed by atoms with Crippen molar-refractivity contribution in [3.8, 4) is 0 Å². The SMILES string of the molecule is O=C1C2=C(c3ccccc3)N(c3ccccc3)C(=O)C2=C(C2C=CC=CC2)N1C1=CCCCC=C1. The molecule has 0 bridgehead atoms. The van der Waals surface area contributed by atoms with Gasteiger partial charge in [0, 0.05) is 23.0 Å². The van der Waals surface area contributed by atoms with Crippen molar-refractivity contribution in [1.82, 2.24) is 4.90 Å². The first-order valence-electron chi connectivity index (χ1n) is 12.2. The number of rotatable bonds is 4. The first-order valence-corrected chi connectivity index (χ1v) is 12.2. The topological polar surface area (TPSA) is 40.6 Å². The predicted molar refractivity (Wildman–Crippen MR) is 139 cm³/mol. The standard InChI is InChI=1S/C31H26N2O2/c34-30-27-26(28(22-14-6-3-7-15-22)32(30)24-18-10-1-2-11-19-24)31(35)33(25-20-12-5-13-21-25)29(27)23-16-8-4-9-17-23/h3-10,12-14,16-22H,1-2,11,15H2. The van der Waals surface area contributed by atoms with Crippen LogP contribution in [-0.2, 0) is 9.59 Å². The van der Waals surface area contributed by atoms with E-state index >= 15 is 0 Å². The molecule has 2 aliphatic heterocycles. The lowest BCUT2D eigenvalue weighted by Crippen LogP contribution is -2.32. The Labute approximate surface area is 205 Å². The number of allylic oxidation sites excluding steroid dienone is 7. The lowest BCUT2D eigenvalue weighted by atomic mass is 9.93. The molecule has 2 aliphatic carbocycles.